The molecule has 0 unspecified atom stereocenters. The Morgan fingerprint density at radius 3 is 2.41 bits per heavy atom. The van der Waals surface area contributed by atoms with Gasteiger partial charge in [0.2, 0.25) is 5.91 Å². The Kier molecular flexibility index (Phi) is 8.42. The minimum atomic E-state index is 0.108. The van der Waals surface area contributed by atoms with Crippen molar-refractivity contribution in [3.63, 3.8) is 0 Å². The molecule has 1 aliphatic carbocycles. The Balaban J connectivity index is 1.72. The summed E-state index contributed by atoms with van der Waals surface area (Å²) in [6.45, 7) is 14.9. The van der Waals surface area contributed by atoms with Gasteiger partial charge in [0, 0.05) is 19.0 Å². The van der Waals surface area contributed by atoms with E-state index < -0.39 is 0 Å². The first-order valence-electron chi connectivity index (χ1n) is 11.0. The number of halogens is 1. The molecule has 1 aromatic rings. The lowest BCUT2D eigenvalue weighted by atomic mass is 10.0. The SMILES string of the molecule is CCCN(CCCCNC(=O)C1C(C)(C)C1(C)C)CCc1cccc(Cl)c1OC. The maximum absolute atomic E-state index is 12.4. The van der Waals surface area contributed by atoms with Crippen molar-refractivity contribution in [2.24, 2.45) is 16.7 Å². The molecule has 0 heterocycles. The zero-order valence-electron chi connectivity index (χ0n) is 19.1. The molecule has 5 heteroatoms. The van der Waals surface area contributed by atoms with Gasteiger partial charge < -0.3 is 15.0 Å². The molecule has 1 aromatic carbocycles. The summed E-state index contributed by atoms with van der Waals surface area (Å²) < 4.78 is 5.47. The Morgan fingerprint density at radius 2 is 1.83 bits per heavy atom. The molecule has 29 heavy (non-hydrogen) atoms. The van der Waals surface area contributed by atoms with Crippen LogP contribution in [0.4, 0.5) is 0 Å². The predicted molar refractivity (Wildman–Crippen MR) is 122 cm³/mol. The van der Waals surface area contributed by atoms with Gasteiger partial charge in [0.1, 0.15) is 5.75 Å². The van der Waals surface area contributed by atoms with Crippen LogP contribution in [0, 0.1) is 16.7 Å². The van der Waals surface area contributed by atoms with Crippen molar-refractivity contribution >= 4 is 17.5 Å². The molecule has 0 saturated heterocycles. The summed E-state index contributed by atoms with van der Waals surface area (Å²) in [5.41, 5.74) is 1.37. The van der Waals surface area contributed by atoms with Gasteiger partial charge in [-0.15, -0.1) is 0 Å². The molecule has 0 atom stereocenters. The maximum Gasteiger partial charge on any atom is 0.224 e. The van der Waals surface area contributed by atoms with Crippen LogP contribution in [0.15, 0.2) is 18.2 Å². The largest absolute Gasteiger partial charge is 0.495 e. The fourth-order valence-corrected chi connectivity index (χ4v) is 4.81. The van der Waals surface area contributed by atoms with Crippen molar-refractivity contribution < 1.29 is 9.53 Å². The minimum Gasteiger partial charge on any atom is -0.495 e. The number of unbranched alkanes of at least 4 members (excludes halogenated alkanes) is 1. The summed E-state index contributed by atoms with van der Waals surface area (Å²) in [5.74, 6) is 1.15. The molecule has 1 saturated carbocycles. The third-order valence-electron chi connectivity index (χ3n) is 6.97. The zero-order valence-corrected chi connectivity index (χ0v) is 19.9. The normalized spacial score (nSPS) is 17.4. The fraction of sp³-hybridized carbons (Fsp3) is 0.708. The van der Waals surface area contributed by atoms with E-state index in [1.807, 2.05) is 12.1 Å². The number of hydrogen-bond acceptors (Lipinski definition) is 3. The molecule has 0 aromatic heterocycles. The van der Waals surface area contributed by atoms with Crippen LogP contribution in [0.5, 0.6) is 5.75 Å². The van der Waals surface area contributed by atoms with Crippen LogP contribution in [-0.4, -0.2) is 44.1 Å². The van der Waals surface area contributed by atoms with Gasteiger partial charge in [0.25, 0.3) is 0 Å². The lowest BCUT2D eigenvalue weighted by molar-refractivity contribution is -0.123. The van der Waals surface area contributed by atoms with Gasteiger partial charge in [-0.05, 0) is 61.2 Å². The number of ether oxygens (including phenoxy) is 1. The van der Waals surface area contributed by atoms with E-state index in [0.717, 1.165) is 63.2 Å². The van der Waals surface area contributed by atoms with Crippen LogP contribution < -0.4 is 10.1 Å². The highest BCUT2D eigenvalue weighted by atomic mass is 35.5. The first kappa shape index (κ1) is 24.0. The van der Waals surface area contributed by atoms with E-state index in [9.17, 15) is 4.79 Å². The van der Waals surface area contributed by atoms with Gasteiger partial charge in [0.05, 0.1) is 12.1 Å². The number of para-hydroxylation sites is 1. The number of carbonyl (C=O) groups excluding carboxylic acids is 1. The molecule has 1 fully saturated rings. The summed E-state index contributed by atoms with van der Waals surface area (Å²) in [5, 5.41) is 3.82. The number of rotatable bonds is 12. The second kappa shape index (κ2) is 10.2. The quantitative estimate of drug-likeness (QED) is 0.472. The van der Waals surface area contributed by atoms with Gasteiger partial charge in [-0.2, -0.15) is 0 Å². The monoisotopic (exact) mass is 422 g/mol. The van der Waals surface area contributed by atoms with Crippen LogP contribution >= 0.6 is 11.6 Å². The third kappa shape index (κ3) is 5.67. The molecule has 1 aliphatic rings. The van der Waals surface area contributed by atoms with E-state index in [2.05, 4.69) is 50.9 Å². The number of hydrogen-bond donors (Lipinski definition) is 1. The average molecular weight is 423 g/mol. The van der Waals surface area contributed by atoms with Crippen LogP contribution in [0.1, 0.15) is 59.4 Å². The smallest absolute Gasteiger partial charge is 0.224 e. The second-order valence-electron chi connectivity index (χ2n) is 9.40. The maximum atomic E-state index is 12.4. The zero-order chi connectivity index (χ0) is 21.7. The number of carbonyl (C=O) groups is 1. The molecule has 0 bridgehead atoms. The van der Waals surface area contributed by atoms with Crippen molar-refractivity contribution in [2.45, 2.75) is 60.3 Å². The van der Waals surface area contributed by atoms with Crippen molar-refractivity contribution in [3.05, 3.63) is 28.8 Å². The van der Waals surface area contributed by atoms with Crippen LogP contribution in [0.3, 0.4) is 0 Å². The van der Waals surface area contributed by atoms with Gasteiger partial charge in [0.15, 0.2) is 0 Å². The van der Waals surface area contributed by atoms with Gasteiger partial charge in [-0.3, -0.25) is 4.79 Å². The molecular weight excluding hydrogens is 384 g/mol. The Morgan fingerprint density at radius 1 is 1.14 bits per heavy atom. The van der Waals surface area contributed by atoms with Gasteiger partial charge >= 0.3 is 0 Å². The lowest BCUT2D eigenvalue weighted by Gasteiger charge is -2.22. The van der Waals surface area contributed by atoms with Gasteiger partial charge in [-0.1, -0.05) is 58.4 Å². The summed E-state index contributed by atoms with van der Waals surface area (Å²) in [7, 11) is 1.67. The number of nitrogens with one attached hydrogen (secondary N) is 1. The second-order valence-corrected chi connectivity index (χ2v) is 9.81. The number of amides is 1. The highest BCUT2D eigenvalue weighted by Crippen LogP contribution is 2.68. The minimum absolute atomic E-state index is 0.108. The van der Waals surface area contributed by atoms with E-state index >= 15 is 0 Å². The fourth-order valence-electron chi connectivity index (χ4n) is 4.54. The molecule has 4 nitrogen and oxygen atoms in total. The van der Waals surface area contributed by atoms with Crippen LogP contribution in [0.2, 0.25) is 5.02 Å². The Bertz CT molecular complexity index is 673. The van der Waals surface area contributed by atoms with E-state index in [1.54, 1.807) is 7.11 Å². The van der Waals surface area contributed by atoms with Crippen LogP contribution in [-0.2, 0) is 11.2 Å². The highest BCUT2D eigenvalue weighted by molar-refractivity contribution is 6.32. The lowest BCUT2D eigenvalue weighted by Crippen LogP contribution is -2.30. The first-order valence-corrected chi connectivity index (χ1v) is 11.4. The number of nitrogens with zero attached hydrogens (tertiary/aromatic N) is 1. The molecule has 2 rings (SSSR count). The molecule has 0 spiro atoms. The van der Waals surface area contributed by atoms with Crippen molar-refractivity contribution in [2.75, 3.05) is 33.3 Å². The average Bonchev–Trinajstić information content (AvgIpc) is 3.07. The van der Waals surface area contributed by atoms with E-state index in [-0.39, 0.29) is 22.7 Å². The molecule has 1 N–H and O–H groups in total. The molecule has 0 radical (unpaired) electrons. The molecular formula is C24H39ClN2O2. The van der Waals surface area contributed by atoms with E-state index in [0.29, 0.717) is 5.02 Å². The summed E-state index contributed by atoms with van der Waals surface area (Å²) in [4.78, 5) is 14.9. The molecule has 164 valence electrons. The van der Waals surface area contributed by atoms with Crippen molar-refractivity contribution in [1.82, 2.24) is 10.2 Å². The third-order valence-corrected chi connectivity index (χ3v) is 7.27. The summed E-state index contributed by atoms with van der Waals surface area (Å²) >= 11 is 6.24. The molecule has 1 amide bonds. The first-order chi connectivity index (χ1) is 13.7. The number of benzene rings is 1. The van der Waals surface area contributed by atoms with E-state index in [4.69, 9.17) is 16.3 Å². The highest BCUT2D eigenvalue weighted by Gasteiger charge is 2.68. The summed E-state index contributed by atoms with van der Waals surface area (Å²) in [6, 6.07) is 5.94. The van der Waals surface area contributed by atoms with Crippen molar-refractivity contribution in [3.8, 4) is 5.75 Å². The Hall–Kier alpha value is -1.26. The van der Waals surface area contributed by atoms with Crippen LogP contribution in [0.25, 0.3) is 0 Å². The predicted octanol–water partition coefficient (Wildman–Crippen LogP) is 5.18. The standard InChI is InChI=1S/C24H39ClN2O2/c1-7-15-27(17-13-18-11-10-12-19(25)20(18)29-6)16-9-8-14-26-22(28)21-23(2,3)24(21,4)5/h10-12,21H,7-9,13-17H2,1-6H3,(H,26,28). The summed E-state index contributed by atoms with van der Waals surface area (Å²) in [6.07, 6.45) is 4.16. The van der Waals surface area contributed by atoms with Crippen molar-refractivity contribution in [1.29, 1.82) is 0 Å². The topological polar surface area (TPSA) is 41.6 Å². The molecule has 0 aliphatic heterocycles. The van der Waals surface area contributed by atoms with E-state index in [1.165, 1.54) is 0 Å². The number of methoxy groups -OCH3 is 1. The Labute approximate surface area is 182 Å². The van der Waals surface area contributed by atoms with Gasteiger partial charge in [-0.25, -0.2) is 0 Å².